The summed E-state index contributed by atoms with van der Waals surface area (Å²) < 4.78 is 39.7. The van der Waals surface area contributed by atoms with Gasteiger partial charge in [-0.25, -0.2) is 19.2 Å². The molecule has 14 aromatic heterocycles. The minimum Gasteiger partial charge on any atom is -0.497 e. The topological polar surface area (TPSA) is 285 Å². The SMILES string of the molecule is C#Cc1nn(-c2ccccc2)[n+]2ccccc12.CC(=O)c1nn(-c2ccccc2)[n+]2ccccc12.CCOC(=O)c1nn(-c2ccc(Br)cc2)[n+]2ccccc12.CCOC(=O)c1nn(-c2ccc(OC)cc2)[n+]2ccccc12.CCOC(=O)c1nn(-c2ccccc2)[n+]2c1ccc1ccccc12.CCOC(=O)c1nn(-c2ccccc2)[n+]2ccccc12.[CH3-].[CH3-].[CH3-].[CH3-].[CH3-].[CH3-].[CH3-].c1ccc(-n2ncc3cccc[n+]32)cc1. The number of aromatic nitrogens is 21. The van der Waals surface area contributed by atoms with Gasteiger partial charge < -0.3 is 75.7 Å². The quantitative estimate of drug-likeness (QED) is 0.0204. The Labute approximate surface area is 844 Å². The van der Waals surface area contributed by atoms with Crippen LogP contribution in [0.4, 0.5) is 0 Å². The second-order valence-electron chi connectivity index (χ2n) is 29.6. The summed E-state index contributed by atoms with van der Waals surface area (Å²) in [7, 11) is 1.62. The van der Waals surface area contributed by atoms with Crippen LogP contribution in [-0.4, -0.2) is 132 Å². The van der Waals surface area contributed by atoms with Crippen molar-refractivity contribution in [3.63, 3.8) is 0 Å². The van der Waals surface area contributed by atoms with E-state index in [1.165, 1.54) is 6.92 Å². The predicted molar refractivity (Wildman–Crippen MR) is 555 cm³/mol. The number of halogens is 1. The highest BCUT2D eigenvalue weighted by atomic mass is 79.9. The highest BCUT2D eigenvalue weighted by molar-refractivity contribution is 9.10. The van der Waals surface area contributed by atoms with E-state index < -0.39 is 23.9 Å². The number of pyridine rings is 7. The monoisotopic (exact) mass is 1990 g/mol. The average molecular weight is 1990 g/mol. The van der Waals surface area contributed by atoms with Gasteiger partial charge in [0, 0.05) is 21.9 Å². The first-order valence-corrected chi connectivity index (χ1v) is 44.5. The molecule has 8 aromatic carbocycles. The summed E-state index contributed by atoms with van der Waals surface area (Å²) in [5.74, 6) is 1.65. The number of nitrogens with zero attached hydrogens (tertiary/aromatic N) is 21. The number of ether oxygens (including phenoxy) is 5. The lowest BCUT2D eigenvalue weighted by molar-refractivity contribution is -0.604. The van der Waals surface area contributed by atoms with Crippen molar-refractivity contribution >= 4 is 95.1 Å². The first kappa shape index (κ1) is 109. The van der Waals surface area contributed by atoms with Crippen LogP contribution in [-0.2, 0) is 18.9 Å². The number of terminal acetylenes is 1. The van der Waals surface area contributed by atoms with Gasteiger partial charge in [0.1, 0.15) is 82.7 Å². The van der Waals surface area contributed by atoms with Crippen LogP contribution < -0.4 is 36.3 Å². The van der Waals surface area contributed by atoms with E-state index in [1.54, 1.807) is 68.1 Å². The molecular weight excluding hydrogens is 1880 g/mol. The average Bonchev–Trinajstić information content (AvgIpc) is 1.57. The van der Waals surface area contributed by atoms with Crippen LogP contribution in [0.5, 0.6) is 5.75 Å². The molecule has 732 valence electrons. The van der Waals surface area contributed by atoms with Crippen molar-refractivity contribution in [2.75, 3.05) is 33.5 Å². The van der Waals surface area contributed by atoms with Gasteiger partial charge in [0.05, 0.1) is 64.1 Å². The Kier molecular flexibility index (Phi) is 39.5. The molecule has 0 amide bonds. The molecule has 14 heterocycles. The minimum atomic E-state index is -0.432. The van der Waals surface area contributed by atoms with Crippen molar-refractivity contribution in [2.45, 2.75) is 34.6 Å². The number of rotatable bonds is 17. The Balaban J connectivity index is 0.000000186. The Morgan fingerprint density at radius 2 is 0.583 bits per heavy atom. The van der Waals surface area contributed by atoms with Crippen LogP contribution in [0.25, 0.3) is 89.3 Å². The van der Waals surface area contributed by atoms with E-state index in [1.807, 2.05) is 421 Å². The molecule has 0 bridgehead atoms. The number of hydrogen-bond donors (Lipinski definition) is 0. The number of esters is 4. The number of benzene rings is 8. The number of carbonyl (C=O) groups excluding carboxylic acids is 5. The first-order chi connectivity index (χ1) is 67.2. The van der Waals surface area contributed by atoms with Crippen LogP contribution in [0, 0.1) is 64.3 Å². The van der Waals surface area contributed by atoms with Gasteiger partial charge in [-0.05, 0) is 267 Å². The molecule has 0 saturated heterocycles. The Morgan fingerprint density at radius 3 is 0.958 bits per heavy atom. The number of ketones is 1. The number of para-hydroxylation sites is 6. The van der Waals surface area contributed by atoms with Gasteiger partial charge in [0.2, 0.25) is 45.1 Å². The summed E-state index contributed by atoms with van der Waals surface area (Å²) in [6.45, 7) is 9.93. The van der Waals surface area contributed by atoms with Gasteiger partial charge in [0.15, 0.2) is 11.0 Å². The van der Waals surface area contributed by atoms with E-state index in [9.17, 15) is 24.0 Å². The zero-order chi connectivity index (χ0) is 95.1. The van der Waals surface area contributed by atoms with Crippen molar-refractivity contribution in [3.05, 3.63) is 480 Å². The molecule has 31 nitrogen and oxygen atoms in total. The van der Waals surface area contributed by atoms with Crippen LogP contribution in [0.15, 0.2) is 394 Å². The molecule has 0 aliphatic carbocycles. The highest BCUT2D eigenvalue weighted by Gasteiger charge is 2.34. The van der Waals surface area contributed by atoms with Crippen molar-refractivity contribution < 1.29 is 79.3 Å². The van der Waals surface area contributed by atoms with Gasteiger partial charge in [0.25, 0.3) is 11.4 Å². The molecule has 0 aliphatic heterocycles. The maximum atomic E-state index is 12.3. The van der Waals surface area contributed by atoms with Crippen LogP contribution in [0.3, 0.4) is 0 Å². The summed E-state index contributed by atoms with van der Waals surface area (Å²) in [6.07, 6.45) is 18.7. The largest absolute Gasteiger partial charge is 0.497 e. The fourth-order valence-corrected chi connectivity index (χ4v) is 14.9. The molecule has 0 unspecified atom stereocenters. The lowest BCUT2D eigenvalue weighted by atomic mass is 10.2. The van der Waals surface area contributed by atoms with E-state index in [-0.39, 0.29) is 57.8 Å². The van der Waals surface area contributed by atoms with Gasteiger partial charge in [-0.3, -0.25) is 4.79 Å². The van der Waals surface area contributed by atoms with E-state index in [2.05, 4.69) is 57.5 Å². The van der Waals surface area contributed by atoms with E-state index >= 15 is 0 Å². The fourth-order valence-electron chi connectivity index (χ4n) is 14.7. The smallest absolute Gasteiger partial charge is 0.390 e. The van der Waals surface area contributed by atoms with Crippen LogP contribution >= 0.6 is 15.9 Å². The lowest BCUT2D eigenvalue weighted by Gasteiger charge is -2.00. The number of methoxy groups -OCH3 is 1. The molecule has 32 heteroatoms. The molecule has 22 aromatic rings. The predicted octanol–water partition coefficient (Wildman–Crippen LogP) is 17.2. The zero-order valence-electron chi connectivity index (χ0n) is 82.2. The van der Waals surface area contributed by atoms with Crippen molar-refractivity contribution in [1.82, 2.24) is 69.3 Å². The highest BCUT2D eigenvalue weighted by Crippen LogP contribution is 2.22. The second-order valence-corrected chi connectivity index (χ2v) is 30.5. The van der Waals surface area contributed by atoms with Crippen molar-refractivity contribution in [1.29, 1.82) is 0 Å². The molecular formula is C112H112BrN21O10. The third-order valence-electron chi connectivity index (χ3n) is 20.9. The van der Waals surface area contributed by atoms with Gasteiger partial charge in [-0.2, -0.15) is 0 Å². The van der Waals surface area contributed by atoms with Crippen LogP contribution in [0.2, 0.25) is 0 Å². The Bertz CT molecular complexity index is 8050. The maximum Gasteiger partial charge on any atom is 0.390 e. The minimum absolute atomic E-state index is 0. The standard InChI is InChI=1S/C19H16N3O2.C16H16N3O3.C15H13BrN3O2.C15H14N3O2.C14H12N3O.C14H10N3.C12H10N3.7CH3/c1-2-24-19(23)18-17-13-12-14-8-6-7-11-16(14)21(17)22(20-18)15-9-4-3-5-10-15;1-3-22-16(20)15-14-6-4-5-11-18(14)19(17-15)12-7-9-13(21-2)10-8-12;1-2-21-15(20)14-13-5-3-4-10-18(13)19(17-14)12-8-6-11(16)7-9-12;1-2-20-15(19)14-13-10-6-7-11-17(13)18(16-14)12-8-4-3-5-9-12;1-11(18)14-13-9-5-6-10-16(13)17(15-14)12-7-3-2-4-8-12;1-2-13-14-10-6-7-11-16(14)17(15-13)12-8-4-3-5-9-12;1-2-6-11(7-3-1)15-13-10-12-8-4-5-9-14(12)15;;;;;;;/h3-13H,2H2,1H3;4-11H,3H2,1-2H3;3-10H,2H2,1H3;3-11H,2H2,1H3;2-10H,1H3;1,3-11H;1-10H;7*1H3/q7*+1;7*-1. The van der Waals surface area contributed by atoms with E-state index in [0.29, 0.717) is 71.6 Å². The molecule has 0 radical (unpaired) electrons. The molecule has 0 saturated carbocycles. The summed E-state index contributed by atoms with van der Waals surface area (Å²) in [4.78, 5) is 72.2. The second kappa shape index (κ2) is 52.0. The molecule has 144 heavy (non-hydrogen) atoms. The third kappa shape index (κ3) is 24.3. The molecule has 0 N–H and O–H groups in total. The summed E-state index contributed by atoms with van der Waals surface area (Å²) >= 11 is 3.41. The van der Waals surface area contributed by atoms with E-state index in [0.717, 1.165) is 88.5 Å². The maximum absolute atomic E-state index is 12.3. The Hall–Kier alpha value is -18.3. The third-order valence-corrected chi connectivity index (χ3v) is 21.4. The Morgan fingerprint density at radius 1 is 0.299 bits per heavy atom. The van der Waals surface area contributed by atoms with Gasteiger partial charge in [-0.15, -0.1) is 38.0 Å². The normalized spacial score (nSPS) is 10.2. The number of Topliss-reactive ketones (excluding diaryl/α,β-unsaturated/α-hetero) is 1. The lowest BCUT2D eigenvalue weighted by Crippen LogP contribution is -2.33. The van der Waals surface area contributed by atoms with Crippen molar-refractivity contribution in [3.8, 4) is 57.9 Å². The summed E-state index contributed by atoms with van der Waals surface area (Å²) in [5, 5.41) is 31.9. The number of carbonyl (C=O) groups is 5. The van der Waals surface area contributed by atoms with E-state index in [4.69, 9.17) is 30.1 Å². The summed E-state index contributed by atoms with van der Waals surface area (Å²) in [6, 6.07) is 111. The summed E-state index contributed by atoms with van der Waals surface area (Å²) in [5.41, 5.74) is 15.4. The molecule has 22 rings (SSSR count). The van der Waals surface area contributed by atoms with Gasteiger partial charge >= 0.3 is 46.7 Å². The molecule has 0 spiro atoms. The van der Waals surface area contributed by atoms with Crippen LogP contribution in [0.1, 0.15) is 92.8 Å². The number of hydrogen-bond acceptors (Lipinski definition) is 17. The molecule has 0 aliphatic rings. The fraction of sp³-hybridized carbons (Fsp3) is 0.0893. The molecule has 0 fully saturated rings. The van der Waals surface area contributed by atoms with Crippen molar-refractivity contribution in [2.24, 2.45) is 0 Å². The first-order valence-electron chi connectivity index (χ1n) is 43.7. The molecule has 0 atom stereocenters. The zero-order valence-corrected chi connectivity index (χ0v) is 83.8. The van der Waals surface area contributed by atoms with Gasteiger partial charge in [-0.1, -0.05) is 162 Å². The number of fused-ring (bicyclic) bond motifs is 9.